The standard InChI is InChI=1S/C13H15NO4/c1-9-3-2-4-11(5-9)14-7-10(6-12(15)16)8-18-13(14)17/h2-5,10H,6-8H2,1H3,(H,15,16). The number of aryl methyl sites for hydroxylation is 1. The number of amides is 1. The SMILES string of the molecule is Cc1cccc(N2CC(CC(=O)O)COC2=O)c1. The van der Waals surface area contributed by atoms with Gasteiger partial charge in [-0.3, -0.25) is 9.69 Å². The van der Waals surface area contributed by atoms with Crippen LogP contribution in [0.15, 0.2) is 24.3 Å². The average Bonchev–Trinajstić information content (AvgIpc) is 2.31. The van der Waals surface area contributed by atoms with Gasteiger partial charge in [0, 0.05) is 18.2 Å². The van der Waals surface area contributed by atoms with Gasteiger partial charge in [0.25, 0.3) is 0 Å². The lowest BCUT2D eigenvalue weighted by atomic mass is 10.0. The zero-order chi connectivity index (χ0) is 13.1. The molecule has 1 heterocycles. The summed E-state index contributed by atoms with van der Waals surface area (Å²) >= 11 is 0. The van der Waals surface area contributed by atoms with Crippen LogP contribution >= 0.6 is 0 Å². The molecule has 0 bridgehead atoms. The third kappa shape index (κ3) is 2.80. The fourth-order valence-electron chi connectivity index (χ4n) is 2.03. The Morgan fingerprint density at radius 1 is 1.56 bits per heavy atom. The van der Waals surface area contributed by atoms with Gasteiger partial charge in [-0.15, -0.1) is 0 Å². The minimum absolute atomic E-state index is 0.00952. The van der Waals surface area contributed by atoms with Crippen LogP contribution in [0, 0.1) is 12.8 Å². The monoisotopic (exact) mass is 249 g/mol. The Bertz CT molecular complexity index is 472. The van der Waals surface area contributed by atoms with Gasteiger partial charge in [0.05, 0.1) is 13.0 Å². The van der Waals surface area contributed by atoms with Gasteiger partial charge in [0.15, 0.2) is 0 Å². The van der Waals surface area contributed by atoms with Crippen molar-refractivity contribution in [3.05, 3.63) is 29.8 Å². The Kier molecular flexibility index (Phi) is 3.50. The molecule has 96 valence electrons. The maximum atomic E-state index is 11.7. The van der Waals surface area contributed by atoms with Gasteiger partial charge in [-0.1, -0.05) is 12.1 Å². The minimum Gasteiger partial charge on any atom is -0.481 e. The molecule has 1 unspecified atom stereocenters. The molecule has 2 rings (SSSR count). The Morgan fingerprint density at radius 2 is 2.33 bits per heavy atom. The lowest BCUT2D eigenvalue weighted by molar-refractivity contribution is -0.138. The Balaban J connectivity index is 2.15. The van der Waals surface area contributed by atoms with Crippen LogP contribution in [-0.2, 0) is 9.53 Å². The third-order valence-corrected chi connectivity index (χ3v) is 2.88. The molecule has 1 fully saturated rings. The van der Waals surface area contributed by atoms with Crippen molar-refractivity contribution in [3.63, 3.8) is 0 Å². The molecule has 5 nitrogen and oxygen atoms in total. The van der Waals surface area contributed by atoms with Crippen molar-refractivity contribution in [3.8, 4) is 0 Å². The normalized spacial score (nSPS) is 19.5. The number of carbonyl (C=O) groups excluding carboxylic acids is 1. The molecule has 18 heavy (non-hydrogen) atoms. The summed E-state index contributed by atoms with van der Waals surface area (Å²) in [4.78, 5) is 23.9. The largest absolute Gasteiger partial charge is 0.481 e. The van der Waals surface area contributed by atoms with Crippen LogP contribution in [0.25, 0.3) is 0 Å². The number of rotatable bonds is 3. The number of carboxylic acid groups (broad SMARTS) is 1. The second-order valence-corrected chi connectivity index (χ2v) is 4.49. The van der Waals surface area contributed by atoms with Crippen LogP contribution in [0.4, 0.5) is 10.5 Å². The second kappa shape index (κ2) is 5.08. The van der Waals surface area contributed by atoms with Gasteiger partial charge < -0.3 is 9.84 Å². The topological polar surface area (TPSA) is 66.8 Å². The van der Waals surface area contributed by atoms with Gasteiger partial charge in [-0.25, -0.2) is 4.79 Å². The molecule has 1 aliphatic heterocycles. The highest BCUT2D eigenvalue weighted by Gasteiger charge is 2.29. The number of anilines is 1. The Labute approximate surface area is 105 Å². The third-order valence-electron chi connectivity index (χ3n) is 2.88. The van der Waals surface area contributed by atoms with E-state index >= 15 is 0 Å². The minimum atomic E-state index is -0.873. The van der Waals surface area contributed by atoms with E-state index in [1.54, 1.807) is 0 Å². The van der Waals surface area contributed by atoms with Gasteiger partial charge in [0.2, 0.25) is 0 Å². The Morgan fingerprint density at radius 3 is 3.00 bits per heavy atom. The maximum absolute atomic E-state index is 11.7. The van der Waals surface area contributed by atoms with Crippen molar-refractivity contribution < 1.29 is 19.4 Å². The summed E-state index contributed by atoms with van der Waals surface area (Å²) in [5, 5.41) is 8.77. The molecule has 1 aliphatic rings. The van der Waals surface area contributed by atoms with Crippen molar-refractivity contribution >= 4 is 17.7 Å². The molecule has 1 aromatic rings. The second-order valence-electron chi connectivity index (χ2n) is 4.49. The highest BCUT2D eigenvalue weighted by molar-refractivity contribution is 5.88. The summed E-state index contributed by atoms with van der Waals surface area (Å²) in [6.45, 7) is 2.50. The zero-order valence-corrected chi connectivity index (χ0v) is 10.1. The summed E-state index contributed by atoms with van der Waals surface area (Å²) in [6, 6.07) is 7.49. The number of aliphatic carboxylic acids is 1. The number of nitrogens with zero attached hydrogens (tertiary/aromatic N) is 1. The molecular weight excluding hydrogens is 234 g/mol. The van der Waals surface area contributed by atoms with Crippen molar-refractivity contribution in [2.75, 3.05) is 18.1 Å². The number of hydrogen-bond acceptors (Lipinski definition) is 3. The molecule has 0 spiro atoms. The number of benzene rings is 1. The van der Waals surface area contributed by atoms with Gasteiger partial charge in [-0.05, 0) is 24.6 Å². The van der Waals surface area contributed by atoms with E-state index in [1.165, 1.54) is 4.90 Å². The van der Waals surface area contributed by atoms with Crippen molar-refractivity contribution in [2.45, 2.75) is 13.3 Å². The van der Waals surface area contributed by atoms with Gasteiger partial charge in [-0.2, -0.15) is 0 Å². The molecule has 1 N–H and O–H groups in total. The van der Waals surface area contributed by atoms with E-state index in [2.05, 4.69) is 0 Å². The fourth-order valence-corrected chi connectivity index (χ4v) is 2.03. The zero-order valence-electron chi connectivity index (χ0n) is 10.1. The fraction of sp³-hybridized carbons (Fsp3) is 0.385. The van der Waals surface area contributed by atoms with E-state index in [-0.39, 0.29) is 18.9 Å². The predicted octanol–water partition coefficient (Wildman–Crippen LogP) is 2.04. The first-order chi connectivity index (χ1) is 8.56. The molecule has 0 saturated carbocycles. The summed E-state index contributed by atoms with van der Waals surface area (Å²) in [6.07, 6.45) is -0.405. The van der Waals surface area contributed by atoms with Crippen LogP contribution in [0.3, 0.4) is 0 Å². The van der Waals surface area contributed by atoms with E-state index in [1.807, 2.05) is 31.2 Å². The van der Waals surface area contributed by atoms with Crippen LogP contribution in [0.5, 0.6) is 0 Å². The van der Waals surface area contributed by atoms with E-state index in [0.29, 0.717) is 6.54 Å². The lowest BCUT2D eigenvalue weighted by Gasteiger charge is -2.31. The summed E-state index contributed by atoms with van der Waals surface area (Å²) < 4.78 is 5.02. The van der Waals surface area contributed by atoms with Crippen LogP contribution in [0.2, 0.25) is 0 Å². The quantitative estimate of drug-likeness (QED) is 0.890. The molecule has 0 radical (unpaired) electrons. The highest BCUT2D eigenvalue weighted by atomic mass is 16.6. The summed E-state index contributed by atoms with van der Waals surface area (Å²) in [5.41, 5.74) is 1.79. The molecule has 1 saturated heterocycles. The molecule has 5 heteroatoms. The number of carboxylic acids is 1. The van der Waals surface area contributed by atoms with E-state index < -0.39 is 12.1 Å². The van der Waals surface area contributed by atoms with Gasteiger partial charge in [0.1, 0.15) is 0 Å². The molecule has 1 amide bonds. The molecule has 1 aromatic carbocycles. The first kappa shape index (κ1) is 12.4. The first-order valence-corrected chi connectivity index (χ1v) is 5.79. The summed E-state index contributed by atoms with van der Waals surface area (Å²) in [5.74, 6) is -1.04. The average molecular weight is 249 g/mol. The van der Waals surface area contributed by atoms with Crippen molar-refractivity contribution in [1.82, 2.24) is 0 Å². The number of cyclic esters (lactones) is 1. The van der Waals surface area contributed by atoms with E-state index in [4.69, 9.17) is 9.84 Å². The first-order valence-electron chi connectivity index (χ1n) is 5.79. The molecule has 0 aliphatic carbocycles. The van der Waals surface area contributed by atoms with Crippen molar-refractivity contribution in [1.29, 1.82) is 0 Å². The van der Waals surface area contributed by atoms with E-state index in [9.17, 15) is 9.59 Å². The van der Waals surface area contributed by atoms with Gasteiger partial charge >= 0.3 is 12.1 Å². The predicted molar refractivity (Wildman–Crippen MR) is 65.6 cm³/mol. The summed E-state index contributed by atoms with van der Waals surface area (Å²) in [7, 11) is 0. The van der Waals surface area contributed by atoms with Crippen molar-refractivity contribution in [2.24, 2.45) is 5.92 Å². The van der Waals surface area contributed by atoms with Crippen LogP contribution in [-0.4, -0.2) is 30.3 Å². The van der Waals surface area contributed by atoms with Crippen LogP contribution < -0.4 is 4.90 Å². The Hall–Kier alpha value is -2.04. The number of carbonyl (C=O) groups is 2. The number of ether oxygens (including phenoxy) is 1. The van der Waals surface area contributed by atoms with Crippen LogP contribution in [0.1, 0.15) is 12.0 Å². The maximum Gasteiger partial charge on any atom is 0.414 e. The molecular formula is C13H15NO4. The van der Waals surface area contributed by atoms with E-state index in [0.717, 1.165) is 11.3 Å². The molecule has 0 aromatic heterocycles. The number of hydrogen-bond donors (Lipinski definition) is 1. The smallest absolute Gasteiger partial charge is 0.414 e. The molecule has 1 atom stereocenters. The lowest BCUT2D eigenvalue weighted by Crippen LogP contribution is -2.43. The highest BCUT2D eigenvalue weighted by Crippen LogP contribution is 2.23.